The van der Waals surface area contributed by atoms with Crippen molar-refractivity contribution >= 4 is 11.7 Å². The number of hydrogen-bond acceptors (Lipinski definition) is 4. The summed E-state index contributed by atoms with van der Waals surface area (Å²) in [5, 5.41) is 12.0. The number of carboxylic acids is 1. The fraction of sp³-hybridized carbons (Fsp3) is 0.143. The summed E-state index contributed by atoms with van der Waals surface area (Å²) in [5.74, 6) is -0.245. The van der Waals surface area contributed by atoms with Crippen LogP contribution in [-0.2, 0) is 6.54 Å². The maximum Gasteiger partial charge on any atom is 0.354 e. The smallest absolute Gasteiger partial charge is 0.354 e. The summed E-state index contributed by atoms with van der Waals surface area (Å²) in [6.07, 6.45) is 1.47. The molecule has 0 saturated heterocycles. The van der Waals surface area contributed by atoms with Crippen LogP contribution < -0.4 is 10.1 Å². The van der Waals surface area contributed by atoms with E-state index in [0.29, 0.717) is 6.54 Å². The highest BCUT2D eigenvalue weighted by molar-refractivity contribution is 5.86. The van der Waals surface area contributed by atoms with E-state index in [2.05, 4.69) is 10.3 Å². The highest BCUT2D eigenvalue weighted by Crippen LogP contribution is 2.15. The van der Waals surface area contributed by atoms with Crippen molar-refractivity contribution in [3.8, 4) is 5.75 Å². The zero-order valence-electron chi connectivity index (χ0n) is 10.5. The van der Waals surface area contributed by atoms with Gasteiger partial charge in [0.25, 0.3) is 0 Å². The number of methoxy groups -OCH3 is 1. The Morgan fingerprint density at radius 1 is 1.37 bits per heavy atom. The van der Waals surface area contributed by atoms with Crippen molar-refractivity contribution in [1.29, 1.82) is 0 Å². The van der Waals surface area contributed by atoms with Crippen molar-refractivity contribution in [3.63, 3.8) is 0 Å². The first kappa shape index (κ1) is 12.9. The number of nitrogens with zero attached hydrogens (tertiary/aromatic N) is 1. The standard InChI is InChI=1S/C14H14N2O3/c1-19-12-4-2-3-10(7-12)9-16-11-5-6-15-13(8-11)14(17)18/h2-8H,9H2,1H3,(H,15,16)(H,17,18). The molecular formula is C14H14N2O3. The Labute approximate surface area is 110 Å². The molecule has 0 saturated carbocycles. The molecule has 19 heavy (non-hydrogen) atoms. The maximum atomic E-state index is 10.8. The molecule has 2 rings (SSSR count). The van der Waals surface area contributed by atoms with E-state index in [1.165, 1.54) is 12.3 Å². The van der Waals surface area contributed by atoms with Gasteiger partial charge in [0.15, 0.2) is 0 Å². The van der Waals surface area contributed by atoms with Gasteiger partial charge in [0, 0.05) is 18.4 Å². The number of carbonyl (C=O) groups is 1. The Balaban J connectivity index is 2.05. The number of ether oxygens (including phenoxy) is 1. The van der Waals surface area contributed by atoms with Crippen LogP contribution in [0, 0.1) is 0 Å². The molecule has 0 aliphatic carbocycles. The number of aromatic carboxylic acids is 1. The van der Waals surface area contributed by atoms with Gasteiger partial charge in [-0.15, -0.1) is 0 Å². The van der Waals surface area contributed by atoms with Crippen LogP contribution in [0.4, 0.5) is 5.69 Å². The molecular weight excluding hydrogens is 244 g/mol. The summed E-state index contributed by atoms with van der Waals surface area (Å²) in [4.78, 5) is 14.6. The minimum absolute atomic E-state index is 0.0237. The van der Waals surface area contributed by atoms with Crippen LogP contribution >= 0.6 is 0 Å². The molecule has 0 aliphatic rings. The van der Waals surface area contributed by atoms with E-state index < -0.39 is 5.97 Å². The quantitative estimate of drug-likeness (QED) is 0.861. The van der Waals surface area contributed by atoms with Gasteiger partial charge in [-0.05, 0) is 29.8 Å². The predicted octanol–water partition coefficient (Wildman–Crippen LogP) is 2.40. The predicted molar refractivity (Wildman–Crippen MR) is 71.5 cm³/mol. The van der Waals surface area contributed by atoms with E-state index in [1.54, 1.807) is 13.2 Å². The monoisotopic (exact) mass is 258 g/mol. The summed E-state index contributed by atoms with van der Waals surface area (Å²) in [6.45, 7) is 0.584. The topological polar surface area (TPSA) is 71.5 Å². The van der Waals surface area contributed by atoms with E-state index in [0.717, 1.165) is 17.0 Å². The lowest BCUT2D eigenvalue weighted by Gasteiger charge is -2.08. The largest absolute Gasteiger partial charge is 0.497 e. The van der Waals surface area contributed by atoms with Crippen LogP contribution in [0.5, 0.6) is 5.75 Å². The molecule has 0 aliphatic heterocycles. The average molecular weight is 258 g/mol. The average Bonchev–Trinajstić information content (AvgIpc) is 2.45. The minimum atomic E-state index is -1.04. The van der Waals surface area contributed by atoms with Crippen molar-refractivity contribution in [1.82, 2.24) is 4.98 Å². The van der Waals surface area contributed by atoms with E-state index in [4.69, 9.17) is 9.84 Å². The number of anilines is 1. The number of carboxylic acid groups (broad SMARTS) is 1. The highest BCUT2D eigenvalue weighted by Gasteiger charge is 2.04. The van der Waals surface area contributed by atoms with Crippen molar-refractivity contribution in [3.05, 3.63) is 53.9 Å². The SMILES string of the molecule is COc1cccc(CNc2ccnc(C(=O)O)c2)c1. The number of nitrogens with one attached hydrogen (secondary N) is 1. The summed E-state index contributed by atoms with van der Waals surface area (Å²) >= 11 is 0. The maximum absolute atomic E-state index is 10.8. The molecule has 0 bridgehead atoms. The zero-order valence-corrected chi connectivity index (χ0v) is 10.5. The van der Waals surface area contributed by atoms with Crippen molar-refractivity contribution in [2.45, 2.75) is 6.54 Å². The fourth-order valence-corrected chi connectivity index (χ4v) is 1.64. The van der Waals surface area contributed by atoms with Gasteiger partial charge < -0.3 is 15.2 Å². The third-order valence-electron chi connectivity index (χ3n) is 2.61. The van der Waals surface area contributed by atoms with Crippen LogP contribution in [0.15, 0.2) is 42.6 Å². The number of benzene rings is 1. The second kappa shape index (κ2) is 5.86. The van der Waals surface area contributed by atoms with Gasteiger partial charge in [0.1, 0.15) is 11.4 Å². The molecule has 2 N–H and O–H groups in total. The van der Waals surface area contributed by atoms with Gasteiger partial charge in [-0.25, -0.2) is 9.78 Å². The second-order valence-electron chi connectivity index (χ2n) is 3.94. The van der Waals surface area contributed by atoms with Gasteiger partial charge in [0.05, 0.1) is 7.11 Å². The summed E-state index contributed by atoms with van der Waals surface area (Å²) in [7, 11) is 1.62. The number of aromatic nitrogens is 1. The highest BCUT2D eigenvalue weighted by atomic mass is 16.5. The van der Waals surface area contributed by atoms with Gasteiger partial charge in [-0.1, -0.05) is 12.1 Å². The minimum Gasteiger partial charge on any atom is -0.497 e. The molecule has 0 fully saturated rings. The van der Waals surface area contributed by atoms with Crippen molar-refractivity contribution < 1.29 is 14.6 Å². The Kier molecular flexibility index (Phi) is 3.97. The lowest BCUT2D eigenvalue weighted by molar-refractivity contribution is 0.0690. The molecule has 98 valence electrons. The van der Waals surface area contributed by atoms with Gasteiger partial charge in [0.2, 0.25) is 0 Å². The van der Waals surface area contributed by atoms with E-state index in [1.807, 2.05) is 24.3 Å². The van der Waals surface area contributed by atoms with E-state index in [9.17, 15) is 4.79 Å². The number of hydrogen-bond donors (Lipinski definition) is 2. The molecule has 0 unspecified atom stereocenters. The van der Waals surface area contributed by atoms with Crippen molar-refractivity contribution in [2.75, 3.05) is 12.4 Å². The lowest BCUT2D eigenvalue weighted by atomic mass is 10.2. The van der Waals surface area contributed by atoms with Crippen molar-refractivity contribution in [2.24, 2.45) is 0 Å². The normalized spacial score (nSPS) is 9.95. The van der Waals surface area contributed by atoms with Gasteiger partial charge in [-0.3, -0.25) is 0 Å². The first-order valence-corrected chi connectivity index (χ1v) is 5.75. The van der Waals surface area contributed by atoms with E-state index >= 15 is 0 Å². The molecule has 1 aromatic heterocycles. The van der Waals surface area contributed by atoms with E-state index in [-0.39, 0.29) is 5.69 Å². The molecule has 2 aromatic rings. The van der Waals surface area contributed by atoms with Gasteiger partial charge in [-0.2, -0.15) is 0 Å². The lowest BCUT2D eigenvalue weighted by Crippen LogP contribution is -2.04. The first-order valence-electron chi connectivity index (χ1n) is 5.75. The fourth-order valence-electron chi connectivity index (χ4n) is 1.64. The second-order valence-corrected chi connectivity index (χ2v) is 3.94. The summed E-state index contributed by atoms with van der Waals surface area (Å²) in [5.41, 5.74) is 1.79. The molecule has 0 atom stereocenters. The Bertz CT molecular complexity index is 584. The third-order valence-corrected chi connectivity index (χ3v) is 2.61. The first-order chi connectivity index (χ1) is 9.19. The third kappa shape index (κ3) is 3.45. The van der Waals surface area contributed by atoms with Crippen LogP contribution in [-0.4, -0.2) is 23.2 Å². The molecule has 0 amide bonds. The molecule has 5 heteroatoms. The summed E-state index contributed by atoms with van der Waals surface area (Å²) < 4.78 is 5.14. The molecule has 1 aromatic carbocycles. The zero-order chi connectivity index (χ0) is 13.7. The Morgan fingerprint density at radius 2 is 2.21 bits per heavy atom. The molecule has 0 spiro atoms. The van der Waals surface area contributed by atoms with Crippen LogP contribution in [0.3, 0.4) is 0 Å². The number of pyridine rings is 1. The summed E-state index contributed by atoms with van der Waals surface area (Å²) in [6, 6.07) is 10.9. The van der Waals surface area contributed by atoms with Crippen LogP contribution in [0.1, 0.15) is 16.1 Å². The Hall–Kier alpha value is -2.56. The Morgan fingerprint density at radius 3 is 2.95 bits per heavy atom. The van der Waals surface area contributed by atoms with Gasteiger partial charge >= 0.3 is 5.97 Å². The molecule has 0 radical (unpaired) electrons. The number of rotatable bonds is 5. The van der Waals surface area contributed by atoms with Crippen LogP contribution in [0.25, 0.3) is 0 Å². The van der Waals surface area contributed by atoms with Crippen LogP contribution in [0.2, 0.25) is 0 Å². The molecule has 5 nitrogen and oxygen atoms in total. The molecule has 1 heterocycles.